The van der Waals surface area contributed by atoms with Crippen LogP contribution in [0.5, 0.6) is 5.75 Å². The molecule has 0 radical (unpaired) electrons. The molecule has 1 aromatic carbocycles. The van der Waals surface area contributed by atoms with E-state index >= 15 is 0 Å². The lowest BCUT2D eigenvalue weighted by atomic mass is 9.75. The molecule has 2 saturated heterocycles. The number of hydrogen-bond donors (Lipinski definition) is 1. The van der Waals surface area contributed by atoms with Crippen molar-refractivity contribution in [2.45, 2.75) is 26.3 Å². The average Bonchev–Trinajstić information content (AvgIpc) is 2.74. The summed E-state index contributed by atoms with van der Waals surface area (Å²) in [6.45, 7) is 8.15. The summed E-state index contributed by atoms with van der Waals surface area (Å²) in [6, 6.07) is 8.96. The highest BCUT2D eigenvalue weighted by atomic mass is 16.5. The van der Waals surface area contributed by atoms with Crippen LogP contribution < -0.4 is 15.0 Å². The van der Waals surface area contributed by atoms with E-state index in [2.05, 4.69) is 36.2 Å². The third-order valence-corrected chi connectivity index (χ3v) is 4.86. The van der Waals surface area contributed by atoms with Crippen LogP contribution in [0.4, 0.5) is 5.69 Å². The quantitative estimate of drug-likeness (QED) is 0.884. The fourth-order valence-electron chi connectivity index (χ4n) is 3.73. The Morgan fingerprint density at radius 2 is 2.11 bits per heavy atom. The Bertz CT molecular complexity index is 458. The molecular weight excluding hydrogens is 236 g/mol. The minimum absolute atomic E-state index is 0.442. The van der Waals surface area contributed by atoms with Crippen LogP contribution >= 0.6 is 0 Å². The number of hydrogen-bond acceptors (Lipinski definition) is 3. The molecule has 3 heteroatoms. The molecule has 3 nitrogen and oxygen atoms in total. The second-order valence-electron chi connectivity index (χ2n) is 6.49. The maximum absolute atomic E-state index is 5.49. The van der Waals surface area contributed by atoms with E-state index in [-0.39, 0.29) is 0 Å². The van der Waals surface area contributed by atoms with Gasteiger partial charge in [-0.15, -0.1) is 0 Å². The van der Waals surface area contributed by atoms with Crippen molar-refractivity contribution in [1.82, 2.24) is 5.32 Å². The van der Waals surface area contributed by atoms with Crippen LogP contribution in [0, 0.1) is 11.3 Å². The zero-order valence-electron chi connectivity index (χ0n) is 12.1. The Morgan fingerprint density at radius 3 is 2.89 bits per heavy atom. The van der Waals surface area contributed by atoms with Gasteiger partial charge in [0.05, 0.1) is 12.8 Å². The van der Waals surface area contributed by atoms with Gasteiger partial charge in [0.2, 0.25) is 0 Å². The number of piperidine rings is 1. The van der Waals surface area contributed by atoms with E-state index in [1.807, 2.05) is 12.1 Å². The van der Waals surface area contributed by atoms with E-state index in [1.54, 1.807) is 7.11 Å². The van der Waals surface area contributed by atoms with Gasteiger partial charge >= 0.3 is 0 Å². The molecule has 2 unspecified atom stereocenters. The van der Waals surface area contributed by atoms with Gasteiger partial charge in [-0.1, -0.05) is 26.0 Å². The van der Waals surface area contributed by atoms with E-state index in [0.717, 1.165) is 31.3 Å². The zero-order chi connectivity index (χ0) is 13.5. The number of nitrogens with one attached hydrogen (secondary N) is 1. The lowest BCUT2D eigenvalue weighted by Crippen LogP contribution is -2.47. The van der Waals surface area contributed by atoms with Crippen molar-refractivity contribution in [3.05, 3.63) is 24.3 Å². The van der Waals surface area contributed by atoms with Gasteiger partial charge in [0.15, 0.2) is 0 Å². The van der Waals surface area contributed by atoms with Gasteiger partial charge in [-0.25, -0.2) is 0 Å². The highest BCUT2D eigenvalue weighted by Gasteiger charge is 2.44. The third kappa shape index (κ3) is 2.20. The maximum atomic E-state index is 5.49. The van der Waals surface area contributed by atoms with Gasteiger partial charge in [0, 0.05) is 25.7 Å². The van der Waals surface area contributed by atoms with Crippen LogP contribution in [0.1, 0.15) is 20.3 Å². The second kappa shape index (κ2) is 4.71. The number of anilines is 1. The van der Waals surface area contributed by atoms with Crippen molar-refractivity contribution in [3.63, 3.8) is 0 Å². The van der Waals surface area contributed by atoms with E-state index in [4.69, 9.17) is 4.74 Å². The van der Waals surface area contributed by atoms with Crippen LogP contribution in [0.2, 0.25) is 0 Å². The highest BCUT2D eigenvalue weighted by molar-refractivity contribution is 5.58. The summed E-state index contributed by atoms with van der Waals surface area (Å²) in [5, 5.41) is 3.70. The molecule has 2 atom stereocenters. The lowest BCUT2D eigenvalue weighted by Gasteiger charge is -2.40. The number of rotatable bonds is 2. The minimum atomic E-state index is 0.442. The maximum Gasteiger partial charge on any atom is 0.142 e. The molecule has 2 aliphatic rings. The summed E-state index contributed by atoms with van der Waals surface area (Å²) in [4.78, 5) is 2.47. The first-order valence-electron chi connectivity index (χ1n) is 7.23. The molecule has 0 saturated carbocycles. The Balaban J connectivity index is 1.79. The molecule has 3 rings (SSSR count). The van der Waals surface area contributed by atoms with E-state index in [1.165, 1.54) is 12.1 Å². The predicted molar refractivity (Wildman–Crippen MR) is 78.9 cm³/mol. The molecule has 0 aromatic heterocycles. The predicted octanol–water partition coefficient (Wildman–Crippen LogP) is 2.52. The Morgan fingerprint density at radius 1 is 1.32 bits per heavy atom. The van der Waals surface area contributed by atoms with Crippen molar-refractivity contribution >= 4 is 5.69 Å². The molecule has 1 aromatic rings. The van der Waals surface area contributed by atoms with Gasteiger partial charge < -0.3 is 15.0 Å². The van der Waals surface area contributed by atoms with Gasteiger partial charge in [0.25, 0.3) is 0 Å². The zero-order valence-corrected chi connectivity index (χ0v) is 12.1. The average molecular weight is 260 g/mol. The van der Waals surface area contributed by atoms with E-state index < -0.39 is 0 Å². The molecular formula is C16H24N2O. The molecule has 0 spiro atoms. The number of benzene rings is 1. The monoisotopic (exact) mass is 260 g/mol. The van der Waals surface area contributed by atoms with Gasteiger partial charge in [-0.3, -0.25) is 0 Å². The number of ether oxygens (including phenoxy) is 1. The fraction of sp³-hybridized carbons (Fsp3) is 0.625. The summed E-state index contributed by atoms with van der Waals surface area (Å²) < 4.78 is 5.49. The largest absolute Gasteiger partial charge is 0.495 e. The van der Waals surface area contributed by atoms with Crippen molar-refractivity contribution in [1.29, 1.82) is 0 Å². The third-order valence-electron chi connectivity index (χ3n) is 4.86. The number of methoxy groups -OCH3 is 1. The Labute approximate surface area is 115 Å². The van der Waals surface area contributed by atoms with Crippen LogP contribution in [0.15, 0.2) is 24.3 Å². The van der Waals surface area contributed by atoms with Gasteiger partial charge in [0.1, 0.15) is 5.75 Å². The highest BCUT2D eigenvalue weighted by Crippen LogP contribution is 2.41. The first kappa shape index (κ1) is 12.8. The number of fused-ring (bicyclic) bond motifs is 1. The van der Waals surface area contributed by atoms with Crippen LogP contribution in [0.3, 0.4) is 0 Å². The summed E-state index contributed by atoms with van der Waals surface area (Å²) >= 11 is 0. The standard InChI is InChI=1S/C16H24N2O/c1-16(2)11-17-13-10-18(9-8-12(13)16)14-6-4-5-7-15(14)19-3/h4-7,12-13,17H,8-11H2,1-3H3. The summed E-state index contributed by atoms with van der Waals surface area (Å²) in [5.74, 6) is 1.79. The summed E-state index contributed by atoms with van der Waals surface area (Å²) in [7, 11) is 1.75. The van der Waals surface area contributed by atoms with Crippen molar-refractivity contribution in [3.8, 4) is 5.75 Å². The van der Waals surface area contributed by atoms with Crippen LogP contribution in [-0.4, -0.2) is 32.8 Å². The summed E-state index contributed by atoms with van der Waals surface area (Å²) in [6.07, 6.45) is 1.27. The number of para-hydroxylation sites is 2. The Hall–Kier alpha value is -1.22. The molecule has 2 heterocycles. The Kier molecular flexibility index (Phi) is 3.17. The second-order valence-corrected chi connectivity index (χ2v) is 6.49. The topological polar surface area (TPSA) is 24.5 Å². The first-order chi connectivity index (χ1) is 9.12. The fourth-order valence-corrected chi connectivity index (χ4v) is 3.73. The minimum Gasteiger partial charge on any atom is -0.495 e. The van der Waals surface area contributed by atoms with Crippen LogP contribution in [-0.2, 0) is 0 Å². The van der Waals surface area contributed by atoms with E-state index in [0.29, 0.717) is 11.5 Å². The molecule has 104 valence electrons. The SMILES string of the molecule is COc1ccccc1N1CCC2C(C1)NCC2(C)C. The van der Waals surface area contributed by atoms with Gasteiger partial charge in [-0.05, 0) is 29.9 Å². The normalized spacial score (nSPS) is 29.1. The molecule has 1 N–H and O–H groups in total. The van der Waals surface area contributed by atoms with Crippen LogP contribution in [0.25, 0.3) is 0 Å². The molecule has 0 aliphatic carbocycles. The van der Waals surface area contributed by atoms with Crippen molar-refractivity contribution in [2.24, 2.45) is 11.3 Å². The lowest BCUT2D eigenvalue weighted by molar-refractivity contribution is 0.227. The molecule has 19 heavy (non-hydrogen) atoms. The van der Waals surface area contributed by atoms with Gasteiger partial charge in [-0.2, -0.15) is 0 Å². The molecule has 2 fully saturated rings. The number of nitrogens with zero attached hydrogens (tertiary/aromatic N) is 1. The van der Waals surface area contributed by atoms with Crippen molar-refractivity contribution in [2.75, 3.05) is 31.6 Å². The molecule has 0 bridgehead atoms. The first-order valence-corrected chi connectivity index (χ1v) is 7.23. The smallest absolute Gasteiger partial charge is 0.142 e. The van der Waals surface area contributed by atoms with E-state index in [9.17, 15) is 0 Å². The summed E-state index contributed by atoms with van der Waals surface area (Å²) in [5.41, 5.74) is 1.67. The molecule has 0 amide bonds. The van der Waals surface area contributed by atoms with Crippen molar-refractivity contribution < 1.29 is 4.74 Å². The molecule has 2 aliphatic heterocycles.